The van der Waals surface area contributed by atoms with Crippen LogP contribution in [0.15, 0.2) is 42.7 Å². The van der Waals surface area contributed by atoms with Gasteiger partial charge in [-0.05, 0) is 29.0 Å². The minimum Gasteiger partial charge on any atom is -0.478 e. The van der Waals surface area contributed by atoms with Gasteiger partial charge in [0.1, 0.15) is 0 Å². The summed E-state index contributed by atoms with van der Waals surface area (Å²) in [6, 6.07) is 7.89. The van der Waals surface area contributed by atoms with Crippen molar-refractivity contribution < 1.29 is 19.8 Å². The fourth-order valence-electron chi connectivity index (χ4n) is 2.40. The van der Waals surface area contributed by atoms with Crippen LogP contribution in [0.5, 0.6) is 0 Å². The molecular formula is C15H9NO4. The molecule has 0 radical (unpaired) electrons. The summed E-state index contributed by atoms with van der Waals surface area (Å²) in [6.45, 7) is 0. The summed E-state index contributed by atoms with van der Waals surface area (Å²) in [6.07, 6.45) is 3.18. The van der Waals surface area contributed by atoms with Crippen molar-refractivity contribution in [2.24, 2.45) is 0 Å². The molecule has 20 heavy (non-hydrogen) atoms. The largest absolute Gasteiger partial charge is 0.478 e. The zero-order chi connectivity index (χ0) is 14.3. The molecule has 0 atom stereocenters. The van der Waals surface area contributed by atoms with Crippen LogP contribution in [-0.2, 0) is 0 Å². The maximum Gasteiger partial charge on any atom is 0.336 e. The van der Waals surface area contributed by atoms with Crippen molar-refractivity contribution in [3.8, 4) is 0 Å². The number of pyridine rings is 1. The Labute approximate surface area is 113 Å². The molecule has 5 nitrogen and oxygen atoms in total. The smallest absolute Gasteiger partial charge is 0.336 e. The van der Waals surface area contributed by atoms with Crippen LogP contribution in [0.4, 0.5) is 0 Å². The van der Waals surface area contributed by atoms with Gasteiger partial charge in [-0.25, -0.2) is 9.59 Å². The number of aromatic carboxylic acids is 2. The summed E-state index contributed by atoms with van der Waals surface area (Å²) >= 11 is 0. The van der Waals surface area contributed by atoms with E-state index in [-0.39, 0.29) is 16.5 Å². The molecule has 0 aliphatic heterocycles. The van der Waals surface area contributed by atoms with Gasteiger partial charge in [-0.2, -0.15) is 0 Å². The van der Waals surface area contributed by atoms with Crippen LogP contribution >= 0.6 is 0 Å². The third-order valence-electron chi connectivity index (χ3n) is 3.24. The van der Waals surface area contributed by atoms with E-state index >= 15 is 0 Å². The minimum atomic E-state index is -1.15. The Bertz CT molecular complexity index is 870. The second-order valence-electron chi connectivity index (χ2n) is 4.36. The van der Waals surface area contributed by atoms with Crippen LogP contribution in [0.1, 0.15) is 20.7 Å². The molecule has 0 aliphatic rings. The highest BCUT2D eigenvalue weighted by Gasteiger charge is 2.18. The predicted octanol–water partition coefficient (Wildman–Crippen LogP) is 2.78. The highest BCUT2D eigenvalue weighted by atomic mass is 16.4. The fourth-order valence-corrected chi connectivity index (χ4v) is 2.40. The Morgan fingerprint density at radius 2 is 1.70 bits per heavy atom. The van der Waals surface area contributed by atoms with Gasteiger partial charge in [0, 0.05) is 23.2 Å². The standard InChI is InChI=1S/C15H9NO4/c17-14(18)10-3-1-2-9-12-7-16-5-4-8(12)6-11(13(9)10)15(19)20/h1-7H,(H,17,18)(H,19,20). The van der Waals surface area contributed by atoms with Gasteiger partial charge in [0.2, 0.25) is 0 Å². The zero-order valence-corrected chi connectivity index (χ0v) is 10.2. The monoisotopic (exact) mass is 267 g/mol. The first-order valence-electron chi connectivity index (χ1n) is 5.85. The van der Waals surface area contributed by atoms with E-state index in [0.717, 1.165) is 5.39 Å². The second-order valence-corrected chi connectivity index (χ2v) is 4.36. The highest BCUT2D eigenvalue weighted by molar-refractivity contribution is 6.20. The lowest BCUT2D eigenvalue weighted by molar-refractivity contribution is 0.0695. The quantitative estimate of drug-likeness (QED) is 0.697. The number of nitrogens with zero attached hydrogens (tertiary/aromatic N) is 1. The zero-order valence-electron chi connectivity index (χ0n) is 10.2. The van der Waals surface area contributed by atoms with Gasteiger partial charge in [0.05, 0.1) is 11.1 Å². The average Bonchev–Trinajstić information content (AvgIpc) is 2.45. The number of rotatable bonds is 2. The van der Waals surface area contributed by atoms with Crippen molar-refractivity contribution in [1.29, 1.82) is 0 Å². The van der Waals surface area contributed by atoms with Crippen LogP contribution in [0, 0.1) is 0 Å². The summed E-state index contributed by atoms with van der Waals surface area (Å²) < 4.78 is 0. The second kappa shape index (κ2) is 4.31. The molecule has 0 saturated heterocycles. The first kappa shape index (κ1) is 12.1. The van der Waals surface area contributed by atoms with E-state index in [0.29, 0.717) is 10.8 Å². The Balaban J connectivity index is 2.62. The normalized spacial score (nSPS) is 10.8. The van der Waals surface area contributed by atoms with Gasteiger partial charge in [0.15, 0.2) is 0 Å². The third kappa shape index (κ3) is 1.68. The third-order valence-corrected chi connectivity index (χ3v) is 3.24. The summed E-state index contributed by atoms with van der Waals surface area (Å²) in [5, 5.41) is 20.8. The Morgan fingerprint density at radius 1 is 0.950 bits per heavy atom. The minimum absolute atomic E-state index is 0.0169. The van der Waals surface area contributed by atoms with Crippen molar-refractivity contribution in [2.45, 2.75) is 0 Å². The molecule has 0 amide bonds. The van der Waals surface area contributed by atoms with Crippen molar-refractivity contribution in [3.63, 3.8) is 0 Å². The van der Waals surface area contributed by atoms with Crippen LogP contribution in [0.25, 0.3) is 21.5 Å². The molecular weight excluding hydrogens is 258 g/mol. The molecule has 1 heterocycles. The first-order chi connectivity index (χ1) is 9.59. The maximum absolute atomic E-state index is 11.4. The molecule has 0 fully saturated rings. The molecule has 0 aliphatic carbocycles. The van der Waals surface area contributed by atoms with E-state index in [1.807, 2.05) is 0 Å². The summed E-state index contributed by atoms with van der Waals surface area (Å²) in [7, 11) is 0. The van der Waals surface area contributed by atoms with E-state index in [2.05, 4.69) is 4.98 Å². The number of aromatic nitrogens is 1. The fraction of sp³-hybridized carbons (Fsp3) is 0. The average molecular weight is 267 g/mol. The predicted molar refractivity (Wildman–Crippen MR) is 73.2 cm³/mol. The molecule has 0 bridgehead atoms. The Kier molecular flexibility index (Phi) is 2.61. The number of benzene rings is 2. The van der Waals surface area contributed by atoms with Gasteiger partial charge in [-0.3, -0.25) is 4.98 Å². The number of carboxylic acid groups (broad SMARTS) is 2. The molecule has 2 N–H and O–H groups in total. The van der Waals surface area contributed by atoms with Gasteiger partial charge < -0.3 is 10.2 Å². The highest BCUT2D eigenvalue weighted by Crippen LogP contribution is 2.30. The number of hydrogen-bond acceptors (Lipinski definition) is 3. The molecule has 0 unspecified atom stereocenters. The van der Waals surface area contributed by atoms with E-state index in [4.69, 9.17) is 0 Å². The van der Waals surface area contributed by atoms with E-state index in [1.165, 1.54) is 12.1 Å². The topological polar surface area (TPSA) is 87.5 Å². The van der Waals surface area contributed by atoms with Gasteiger partial charge in [0.25, 0.3) is 0 Å². The van der Waals surface area contributed by atoms with Crippen molar-refractivity contribution in [1.82, 2.24) is 4.98 Å². The number of carboxylic acids is 2. The Morgan fingerprint density at radius 3 is 2.40 bits per heavy atom. The molecule has 3 rings (SSSR count). The number of fused-ring (bicyclic) bond motifs is 3. The van der Waals surface area contributed by atoms with E-state index in [1.54, 1.807) is 30.6 Å². The lowest BCUT2D eigenvalue weighted by atomic mass is 9.95. The lowest BCUT2D eigenvalue weighted by Gasteiger charge is -2.09. The molecule has 0 saturated carbocycles. The van der Waals surface area contributed by atoms with Crippen molar-refractivity contribution in [2.75, 3.05) is 0 Å². The lowest BCUT2D eigenvalue weighted by Crippen LogP contribution is -2.04. The van der Waals surface area contributed by atoms with E-state index < -0.39 is 11.9 Å². The van der Waals surface area contributed by atoms with Crippen LogP contribution in [-0.4, -0.2) is 27.1 Å². The SMILES string of the molecule is O=C(O)c1cccc2c1c(C(=O)O)cc1ccncc12. The van der Waals surface area contributed by atoms with Crippen LogP contribution in [0.2, 0.25) is 0 Å². The molecule has 1 aromatic heterocycles. The van der Waals surface area contributed by atoms with Crippen molar-refractivity contribution in [3.05, 3.63) is 53.9 Å². The Hall–Kier alpha value is -2.95. The van der Waals surface area contributed by atoms with Gasteiger partial charge in [-0.15, -0.1) is 0 Å². The maximum atomic E-state index is 11.4. The van der Waals surface area contributed by atoms with E-state index in [9.17, 15) is 19.8 Å². The van der Waals surface area contributed by atoms with Crippen LogP contribution in [0.3, 0.4) is 0 Å². The first-order valence-corrected chi connectivity index (χ1v) is 5.85. The molecule has 2 aromatic carbocycles. The summed E-state index contributed by atoms with van der Waals surface area (Å²) in [5.41, 5.74) is -0.0395. The number of hydrogen-bond donors (Lipinski definition) is 2. The number of carbonyl (C=O) groups is 2. The van der Waals surface area contributed by atoms with Gasteiger partial charge >= 0.3 is 11.9 Å². The molecule has 0 spiro atoms. The molecule has 5 heteroatoms. The summed E-state index contributed by atoms with van der Waals surface area (Å²) in [5.74, 6) is -2.30. The summed E-state index contributed by atoms with van der Waals surface area (Å²) in [4.78, 5) is 26.8. The molecule has 3 aromatic rings. The van der Waals surface area contributed by atoms with Gasteiger partial charge in [-0.1, -0.05) is 12.1 Å². The molecule has 98 valence electrons. The van der Waals surface area contributed by atoms with Crippen LogP contribution < -0.4 is 0 Å². The van der Waals surface area contributed by atoms with Crippen molar-refractivity contribution >= 4 is 33.5 Å².